The quantitative estimate of drug-likeness (QED) is 0.891. The number of methoxy groups -OCH3 is 1. The molecule has 3 rings (SSSR count). The lowest BCUT2D eigenvalue weighted by Crippen LogP contribution is -2.33. The zero-order valence-corrected chi connectivity index (χ0v) is 13.1. The third-order valence-corrected chi connectivity index (χ3v) is 4.71. The Morgan fingerprint density at radius 1 is 1.10 bits per heavy atom. The van der Waals surface area contributed by atoms with Crippen LogP contribution < -0.4 is 10.1 Å². The summed E-state index contributed by atoms with van der Waals surface area (Å²) in [5, 5.41) is 6.26. The highest BCUT2D eigenvalue weighted by atomic mass is 16.5. The first-order valence-corrected chi connectivity index (χ1v) is 8.06. The van der Waals surface area contributed by atoms with Gasteiger partial charge in [-0.3, -0.25) is 0 Å². The summed E-state index contributed by atoms with van der Waals surface area (Å²) >= 11 is 0. The predicted octanol–water partition coefficient (Wildman–Crippen LogP) is 4.52. The van der Waals surface area contributed by atoms with E-state index in [0.717, 1.165) is 18.2 Å². The van der Waals surface area contributed by atoms with Crippen molar-refractivity contribution in [1.29, 1.82) is 0 Å². The average Bonchev–Trinajstić information content (AvgIpc) is 2.52. The predicted molar refractivity (Wildman–Crippen MR) is 88.8 cm³/mol. The topological polar surface area (TPSA) is 21.3 Å². The molecular weight excluding hydrogens is 258 g/mol. The Hall–Kier alpha value is -1.54. The normalized spacial score (nSPS) is 22.4. The molecule has 2 heteroatoms. The summed E-state index contributed by atoms with van der Waals surface area (Å²) in [5.41, 5.74) is 1.37. The summed E-state index contributed by atoms with van der Waals surface area (Å²) in [6.45, 7) is 3.32. The molecule has 0 aliphatic heterocycles. The molecule has 2 aromatic rings. The maximum Gasteiger partial charge on any atom is 0.126 e. The molecule has 0 amide bonds. The molecule has 0 radical (unpaired) electrons. The Balaban J connectivity index is 1.78. The highest BCUT2D eigenvalue weighted by Crippen LogP contribution is 2.29. The number of nitrogens with one attached hydrogen (secondary N) is 1. The van der Waals surface area contributed by atoms with Gasteiger partial charge in [0, 0.05) is 18.0 Å². The van der Waals surface area contributed by atoms with E-state index in [4.69, 9.17) is 4.74 Å². The van der Waals surface area contributed by atoms with Crippen molar-refractivity contribution < 1.29 is 4.74 Å². The molecule has 0 bridgehead atoms. The molecule has 1 aliphatic carbocycles. The standard InChI is InChI=1S/C19H25NO/c1-14-6-5-7-16(12-14)20-13-15-10-11-19(21-2)18-9-4-3-8-17(15)18/h3-4,8-11,14,16,20H,5-7,12-13H2,1-2H3. The minimum Gasteiger partial charge on any atom is -0.496 e. The van der Waals surface area contributed by atoms with Crippen molar-refractivity contribution in [2.24, 2.45) is 5.92 Å². The summed E-state index contributed by atoms with van der Waals surface area (Å²) in [6, 6.07) is 13.5. The zero-order valence-electron chi connectivity index (χ0n) is 13.1. The van der Waals surface area contributed by atoms with E-state index in [9.17, 15) is 0 Å². The molecule has 2 aromatic carbocycles. The van der Waals surface area contributed by atoms with E-state index in [-0.39, 0.29) is 0 Å². The van der Waals surface area contributed by atoms with E-state index in [2.05, 4.69) is 48.6 Å². The molecule has 2 nitrogen and oxygen atoms in total. The van der Waals surface area contributed by atoms with Crippen LogP contribution in [0.4, 0.5) is 0 Å². The van der Waals surface area contributed by atoms with Crippen LogP contribution in [0.1, 0.15) is 38.2 Å². The first-order chi connectivity index (χ1) is 10.3. The molecule has 112 valence electrons. The van der Waals surface area contributed by atoms with Crippen LogP contribution in [0.15, 0.2) is 36.4 Å². The number of benzene rings is 2. The molecule has 0 heterocycles. The van der Waals surface area contributed by atoms with Crippen LogP contribution in [-0.4, -0.2) is 13.2 Å². The smallest absolute Gasteiger partial charge is 0.126 e. The van der Waals surface area contributed by atoms with Crippen molar-refractivity contribution in [2.75, 3.05) is 7.11 Å². The summed E-state index contributed by atoms with van der Waals surface area (Å²) in [6.07, 6.45) is 5.39. The van der Waals surface area contributed by atoms with Gasteiger partial charge >= 0.3 is 0 Å². The van der Waals surface area contributed by atoms with E-state index in [1.165, 1.54) is 42.0 Å². The third-order valence-electron chi connectivity index (χ3n) is 4.71. The van der Waals surface area contributed by atoms with Gasteiger partial charge in [-0.05, 0) is 35.8 Å². The van der Waals surface area contributed by atoms with E-state index in [1.54, 1.807) is 7.11 Å². The molecule has 2 unspecified atom stereocenters. The van der Waals surface area contributed by atoms with Crippen molar-refractivity contribution in [3.05, 3.63) is 42.0 Å². The van der Waals surface area contributed by atoms with Gasteiger partial charge in [0.05, 0.1) is 7.11 Å². The fourth-order valence-electron chi connectivity index (χ4n) is 3.54. The molecule has 0 spiro atoms. The highest BCUT2D eigenvalue weighted by molar-refractivity contribution is 5.91. The minimum absolute atomic E-state index is 0.676. The lowest BCUT2D eigenvalue weighted by Gasteiger charge is -2.27. The number of rotatable bonds is 4. The second kappa shape index (κ2) is 6.48. The van der Waals surface area contributed by atoms with Gasteiger partial charge < -0.3 is 10.1 Å². The maximum atomic E-state index is 5.47. The van der Waals surface area contributed by atoms with Gasteiger partial charge in [-0.1, -0.05) is 50.1 Å². The SMILES string of the molecule is COc1ccc(CNC2CCCC(C)C2)c2ccccc12. The lowest BCUT2D eigenvalue weighted by molar-refractivity contribution is 0.301. The van der Waals surface area contributed by atoms with E-state index in [1.807, 2.05) is 0 Å². The van der Waals surface area contributed by atoms with Crippen LogP contribution in [0.3, 0.4) is 0 Å². The van der Waals surface area contributed by atoms with Gasteiger partial charge in [-0.2, -0.15) is 0 Å². The van der Waals surface area contributed by atoms with Gasteiger partial charge in [-0.15, -0.1) is 0 Å². The molecule has 1 aliphatic rings. The summed E-state index contributed by atoms with van der Waals surface area (Å²) in [4.78, 5) is 0. The molecule has 0 aromatic heterocycles. The molecule has 1 N–H and O–H groups in total. The van der Waals surface area contributed by atoms with E-state index < -0.39 is 0 Å². The third kappa shape index (κ3) is 3.21. The fourth-order valence-corrected chi connectivity index (χ4v) is 3.54. The summed E-state index contributed by atoms with van der Waals surface area (Å²) < 4.78 is 5.47. The van der Waals surface area contributed by atoms with Crippen LogP contribution in [0.2, 0.25) is 0 Å². The molecule has 2 atom stereocenters. The van der Waals surface area contributed by atoms with Gasteiger partial charge in [0.25, 0.3) is 0 Å². The van der Waals surface area contributed by atoms with Gasteiger partial charge in [0.1, 0.15) is 5.75 Å². The Morgan fingerprint density at radius 3 is 2.67 bits per heavy atom. The van der Waals surface area contributed by atoms with Crippen molar-refractivity contribution in [3.63, 3.8) is 0 Å². The minimum atomic E-state index is 0.676. The van der Waals surface area contributed by atoms with Crippen molar-refractivity contribution in [2.45, 2.75) is 45.2 Å². The molecule has 21 heavy (non-hydrogen) atoms. The van der Waals surface area contributed by atoms with Crippen LogP contribution in [0, 0.1) is 5.92 Å². The number of fused-ring (bicyclic) bond motifs is 1. The van der Waals surface area contributed by atoms with E-state index in [0.29, 0.717) is 6.04 Å². The molecule has 1 fully saturated rings. The number of hydrogen-bond donors (Lipinski definition) is 1. The monoisotopic (exact) mass is 283 g/mol. The molecule has 0 saturated heterocycles. The first kappa shape index (κ1) is 14.4. The first-order valence-electron chi connectivity index (χ1n) is 8.06. The van der Waals surface area contributed by atoms with Crippen molar-refractivity contribution in [1.82, 2.24) is 5.32 Å². The van der Waals surface area contributed by atoms with Crippen LogP contribution in [-0.2, 0) is 6.54 Å². The average molecular weight is 283 g/mol. The van der Waals surface area contributed by atoms with E-state index >= 15 is 0 Å². The highest BCUT2D eigenvalue weighted by Gasteiger charge is 2.18. The summed E-state index contributed by atoms with van der Waals surface area (Å²) in [5.74, 6) is 1.82. The van der Waals surface area contributed by atoms with Crippen LogP contribution in [0.25, 0.3) is 10.8 Å². The maximum absolute atomic E-state index is 5.47. The molecular formula is C19H25NO. The second-order valence-corrected chi connectivity index (χ2v) is 6.32. The number of hydrogen-bond acceptors (Lipinski definition) is 2. The van der Waals surface area contributed by atoms with Gasteiger partial charge in [0.2, 0.25) is 0 Å². The zero-order chi connectivity index (χ0) is 14.7. The van der Waals surface area contributed by atoms with Crippen molar-refractivity contribution >= 4 is 10.8 Å². The molecule has 1 saturated carbocycles. The Bertz CT molecular complexity index is 608. The van der Waals surface area contributed by atoms with Gasteiger partial charge in [-0.25, -0.2) is 0 Å². The van der Waals surface area contributed by atoms with Crippen molar-refractivity contribution in [3.8, 4) is 5.75 Å². The fraction of sp³-hybridized carbons (Fsp3) is 0.474. The largest absolute Gasteiger partial charge is 0.496 e. The van der Waals surface area contributed by atoms with Crippen LogP contribution >= 0.6 is 0 Å². The number of ether oxygens (including phenoxy) is 1. The summed E-state index contributed by atoms with van der Waals surface area (Å²) in [7, 11) is 1.74. The Kier molecular flexibility index (Phi) is 4.45. The Morgan fingerprint density at radius 2 is 1.90 bits per heavy atom. The lowest BCUT2D eigenvalue weighted by atomic mass is 9.87. The van der Waals surface area contributed by atoms with Crippen LogP contribution in [0.5, 0.6) is 5.75 Å². The second-order valence-electron chi connectivity index (χ2n) is 6.32. The van der Waals surface area contributed by atoms with Gasteiger partial charge in [0.15, 0.2) is 0 Å². The Labute approximate surface area is 127 Å².